The lowest BCUT2D eigenvalue weighted by atomic mass is 10.0. The molecule has 0 atom stereocenters. The van der Waals surface area contributed by atoms with Crippen molar-refractivity contribution in [2.45, 2.75) is 6.18 Å². The van der Waals surface area contributed by atoms with E-state index in [1.54, 1.807) is 18.2 Å². The van der Waals surface area contributed by atoms with Gasteiger partial charge < -0.3 is 0 Å². The first kappa shape index (κ1) is 16.8. The molecule has 2 aromatic rings. The number of hydrogen-bond donors (Lipinski definition) is 0. The van der Waals surface area contributed by atoms with Gasteiger partial charge >= 0.3 is 6.18 Å². The quantitative estimate of drug-likeness (QED) is 0.457. The summed E-state index contributed by atoms with van der Waals surface area (Å²) in [7, 11) is 0. The van der Waals surface area contributed by atoms with E-state index in [2.05, 4.69) is 15.9 Å². The fourth-order valence-corrected chi connectivity index (χ4v) is 2.45. The van der Waals surface area contributed by atoms with Gasteiger partial charge in [0.2, 0.25) is 0 Å². The van der Waals surface area contributed by atoms with Crippen molar-refractivity contribution in [2.75, 3.05) is 0 Å². The molecular weight excluding hydrogens is 381 g/mol. The van der Waals surface area contributed by atoms with Crippen molar-refractivity contribution in [2.24, 2.45) is 0 Å². The number of aldehydes is 1. The van der Waals surface area contributed by atoms with Crippen LogP contribution in [0.5, 0.6) is 0 Å². The monoisotopic (exact) mass is 388 g/mol. The number of rotatable bonds is 3. The van der Waals surface area contributed by atoms with Gasteiger partial charge in [-0.3, -0.25) is 4.79 Å². The molecule has 0 unspecified atom stereocenters. The van der Waals surface area contributed by atoms with E-state index in [9.17, 15) is 18.0 Å². The molecule has 2 rings (SSSR count). The zero-order valence-corrected chi connectivity index (χ0v) is 13.3. The van der Waals surface area contributed by atoms with Gasteiger partial charge in [0.25, 0.3) is 0 Å². The van der Waals surface area contributed by atoms with Gasteiger partial charge in [0.05, 0.1) is 10.6 Å². The molecule has 0 aromatic heterocycles. The van der Waals surface area contributed by atoms with Gasteiger partial charge in [0.15, 0.2) is 0 Å². The van der Waals surface area contributed by atoms with Crippen LogP contribution in [-0.2, 0) is 6.18 Å². The lowest BCUT2D eigenvalue weighted by Crippen LogP contribution is -2.07. The van der Waals surface area contributed by atoms with Crippen LogP contribution in [0.1, 0.15) is 27.0 Å². The summed E-state index contributed by atoms with van der Waals surface area (Å²) in [5, 5.41) is 0.402. The van der Waals surface area contributed by atoms with E-state index in [-0.39, 0.29) is 11.1 Å². The lowest BCUT2D eigenvalue weighted by molar-refractivity contribution is -0.137. The Morgan fingerprint density at radius 3 is 2.36 bits per heavy atom. The van der Waals surface area contributed by atoms with E-state index < -0.39 is 11.7 Å². The molecule has 0 radical (unpaired) electrons. The average Bonchev–Trinajstić information content (AvgIpc) is 2.47. The molecule has 0 aliphatic heterocycles. The van der Waals surface area contributed by atoms with Gasteiger partial charge in [0, 0.05) is 10.0 Å². The molecule has 0 heterocycles. The van der Waals surface area contributed by atoms with Crippen LogP contribution in [0.4, 0.5) is 13.2 Å². The topological polar surface area (TPSA) is 17.1 Å². The Bertz CT molecular complexity index is 739. The third-order valence-corrected chi connectivity index (χ3v) is 4.25. The molecule has 0 spiro atoms. The Hall–Kier alpha value is -1.59. The molecule has 6 heteroatoms. The molecule has 0 N–H and O–H groups in total. The number of benzene rings is 2. The fraction of sp³-hybridized carbons (Fsp3) is 0.0625. The molecule has 0 aliphatic carbocycles. The maximum atomic E-state index is 13.0. The van der Waals surface area contributed by atoms with Gasteiger partial charge in [0.1, 0.15) is 6.29 Å². The highest BCUT2D eigenvalue weighted by Gasteiger charge is 2.32. The van der Waals surface area contributed by atoms with Gasteiger partial charge in [-0.25, -0.2) is 0 Å². The van der Waals surface area contributed by atoms with E-state index in [1.165, 1.54) is 18.2 Å². The Labute approximate surface area is 138 Å². The Balaban J connectivity index is 2.49. The molecule has 0 bridgehead atoms. The van der Waals surface area contributed by atoms with Gasteiger partial charge in [-0.2, -0.15) is 13.2 Å². The minimum atomic E-state index is -4.50. The number of hydrogen-bond acceptors (Lipinski definition) is 1. The van der Waals surface area contributed by atoms with Crippen molar-refractivity contribution in [3.63, 3.8) is 0 Å². The molecule has 0 amide bonds. The zero-order chi connectivity index (χ0) is 16.3. The molecule has 114 valence electrons. The fourth-order valence-electron chi connectivity index (χ4n) is 1.88. The molecule has 0 saturated heterocycles. The van der Waals surface area contributed by atoms with Crippen LogP contribution in [0, 0.1) is 0 Å². The molecule has 0 fully saturated rings. The number of carbonyl (C=O) groups is 1. The predicted octanol–water partition coefficient (Wildman–Crippen LogP) is 6.10. The zero-order valence-electron chi connectivity index (χ0n) is 11.0. The summed E-state index contributed by atoms with van der Waals surface area (Å²) in [5.41, 5.74) is -0.151. The van der Waals surface area contributed by atoms with E-state index in [0.717, 1.165) is 12.1 Å². The minimum absolute atomic E-state index is 0.0897. The summed E-state index contributed by atoms with van der Waals surface area (Å²) in [6, 6.07) is 8.36. The van der Waals surface area contributed by atoms with E-state index in [0.29, 0.717) is 21.3 Å². The number of alkyl halides is 3. The first-order valence-electron chi connectivity index (χ1n) is 6.11. The smallest absolute Gasteiger partial charge is 0.298 e. The van der Waals surface area contributed by atoms with Gasteiger partial charge in [-0.15, -0.1) is 0 Å². The van der Waals surface area contributed by atoms with Crippen LogP contribution < -0.4 is 0 Å². The summed E-state index contributed by atoms with van der Waals surface area (Å²) < 4.78 is 39.6. The standard InChI is InChI=1S/C16H9BrClF3O/c17-14-3-1-2-11(15(14)18)5-6-12-8-10(9-22)4-7-13(12)16(19,20)21/h1-9H. The highest BCUT2D eigenvalue weighted by molar-refractivity contribution is 9.10. The highest BCUT2D eigenvalue weighted by Crippen LogP contribution is 2.34. The van der Waals surface area contributed by atoms with Crippen molar-refractivity contribution in [1.82, 2.24) is 0 Å². The molecular formula is C16H9BrClF3O. The minimum Gasteiger partial charge on any atom is -0.298 e. The third kappa shape index (κ3) is 3.78. The Kier molecular flexibility index (Phi) is 5.08. The molecule has 1 nitrogen and oxygen atoms in total. The molecule has 0 saturated carbocycles. The maximum absolute atomic E-state index is 13.0. The highest BCUT2D eigenvalue weighted by atomic mass is 79.9. The van der Waals surface area contributed by atoms with Crippen LogP contribution in [0.2, 0.25) is 5.02 Å². The van der Waals surface area contributed by atoms with Crippen LogP contribution in [0.25, 0.3) is 12.2 Å². The number of halogens is 5. The largest absolute Gasteiger partial charge is 0.416 e. The SMILES string of the molecule is O=Cc1ccc(C(F)(F)F)c(C=Cc2cccc(Br)c2Cl)c1. The van der Waals surface area contributed by atoms with Gasteiger partial charge in [-0.05, 0) is 45.3 Å². The van der Waals surface area contributed by atoms with E-state index >= 15 is 0 Å². The van der Waals surface area contributed by atoms with Gasteiger partial charge in [-0.1, -0.05) is 42.0 Å². The second-order valence-corrected chi connectivity index (χ2v) is 5.67. The second kappa shape index (κ2) is 6.67. The van der Waals surface area contributed by atoms with Crippen LogP contribution in [-0.4, -0.2) is 6.29 Å². The maximum Gasteiger partial charge on any atom is 0.416 e. The lowest BCUT2D eigenvalue weighted by Gasteiger charge is -2.11. The molecule has 0 aliphatic rings. The van der Waals surface area contributed by atoms with Crippen LogP contribution in [0.3, 0.4) is 0 Å². The van der Waals surface area contributed by atoms with Crippen molar-refractivity contribution >= 4 is 46.0 Å². The van der Waals surface area contributed by atoms with Crippen molar-refractivity contribution < 1.29 is 18.0 Å². The van der Waals surface area contributed by atoms with E-state index in [4.69, 9.17) is 11.6 Å². The Morgan fingerprint density at radius 2 is 1.73 bits per heavy atom. The van der Waals surface area contributed by atoms with Crippen molar-refractivity contribution in [1.29, 1.82) is 0 Å². The second-order valence-electron chi connectivity index (χ2n) is 4.44. The first-order valence-corrected chi connectivity index (χ1v) is 7.28. The first-order chi connectivity index (χ1) is 10.3. The molecule has 2 aromatic carbocycles. The third-order valence-electron chi connectivity index (χ3n) is 2.94. The predicted molar refractivity (Wildman–Crippen MR) is 84.9 cm³/mol. The normalized spacial score (nSPS) is 11.9. The summed E-state index contributed by atoms with van der Waals surface area (Å²) in [4.78, 5) is 10.8. The van der Waals surface area contributed by atoms with Crippen molar-refractivity contribution in [3.05, 3.63) is 68.1 Å². The average molecular weight is 390 g/mol. The van der Waals surface area contributed by atoms with E-state index in [1.807, 2.05) is 0 Å². The summed E-state index contributed by atoms with van der Waals surface area (Å²) in [5.74, 6) is 0. The summed E-state index contributed by atoms with van der Waals surface area (Å²) >= 11 is 9.32. The summed E-state index contributed by atoms with van der Waals surface area (Å²) in [6.07, 6.45) is -1.22. The van der Waals surface area contributed by atoms with Crippen LogP contribution in [0.15, 0.2) is 40.9 Å². The molecule has 22 heavy (non-hydrogen) atoms. The van der Waals surface area contributed by atoms with Crippen molar-refractivity contribution in [3.8, 4) is 0 Å². The van der Waals surface area contributed by atoms with Crippen LogP contribution >= 0.6 is 27.5 Å². The summed E-state index contributed by atoms with van der Waals surface area (Å²) in [6.45, 7) is 0. The number of carbonyl (C=O) groups excluding carboxylic acids is 1. The Morgan fingerprint density at radius 1 is 1.05 bits per heavy atom.